The third kappa shape index (κ3) is 5.17. The molecule has 0 bridgehead atoms. The highest BCUT2D eigenvalue weighted by molar-refractivity contribution is 8.12. The number of nitrogens with one attached hydrogen (secondary N) is 4. The van der Waals surface area contributed by atoms with Gasteiger partial charge in [-0.3, -0.25) is 29.6 Å². The fraction of sp³-hybridized carbons (Fsp3) is 0.400. The van der Waals surface area contributed by atoms with Crippen LogP contribution in [0.5, 0.6) is 0 Å². The van der Waals surface area contributed by atoms with Gasteiger partial charge in [-0.15, -0.1) is 0 Å². The van der Waals surface area contributed by atoms with E-state index in [0.717, 1.165) is 29.9 Å². The summed E-state index contributed by atoms with van der Waals surface area (Å²) >= 11 is 1.33. The van der Waals surface area contributed by atoms with Gasteiger partial charge >= 0.3 is 0 Å². The highest BCUT2D eigenvalue weighted by atomic mass is 32.2. The maximum Gasteiger partial charge on any atom is 0.260 e. The van der Waals surface area contributed by atoms with Crippen LogP contribution in [0, 0.1) is 5.41 Å². The van der Waals surface area contributed by atoms with Crippen molar-refractivity contribution in [2.75, 3.05) is 30.3 Å². The number of thioether (sulfide) groups is 1. The molecular formula is C25H30N8O3S. The molecule has 3 aliphatic heterocycles. The summed E-state index contributed by atoms with van der Waals surface area (Å²) in [5.41, 5.74) is 2.37. The topological polar surface area (TPSA) is 148 Å². The number of pyridine rings is 1. The molecule has 2 aromatic heterocycles. The Morgan fingerprint density at radius 3 is 2.92 bits per heavy atom. The molecule has 1 fully saturated rings. The molecule has 0 atom stereocenters. The normalized spacial score (nSPS) is 20.9. The van der Waals surface area contributed by atoms with Crippen molar-refractivity contribution in [3.05, 3.63) is 52.7 Å². The van der Waals surface area contributed by atoms with E-state index in [9.17, 15) is 9.59 Å². The van der Waals surface area contributed by atoms with Gasteiger partial charge in [-0.25, -0.2) is 0 Å². The minimum atomic E-state index is -0.417. The number of likely N-dealkylation sites (tertiary alicyclic amines) is 1. The summed E-state index contributed by atoms with van der Waals surface area (Å²) in [6.45, 7) is 6.50. The fourth-order valence-electron chi connectivity index (χ4n) is 4.78. The molecular weight excluding hydrogens is 492 g/mol. The number of aromatic nitrogens is 3. The molecule has 11 nitrogen and oxygen atoms in total. The average Bonchev–Trinajstić information content (AvgIpc) is 3.58. The molecule has 3 aliphatic rings. The molecule has 37 heavy (non-hydrogen) atoms. The maximum atomic E-state index is 13.0. The molecule has 5 N–H and O–H groups in total. The molecule has 0 aliphatic carbocycles. The highest BCUT2D eigenvalue weighted by Gasteiger charge is 2.33. The Morgan fingerprint density at radius 2 is 2.16 bits per heavy atom. The number of hydrogen-bond donors (Lipinski definition) is 5. The Balaban J connectivity index is 1.25. The average molecular weight is 523 g/mol. The molecule has 1 saturated heterocycles. The van der Waals surface area contributed by atoms with Crippen LogP contribution in [0.1, 0.15) is 44.4 Å². The lowest BCUT2D eigenvalue weighted by Gasteiger charge is -2.31. The van der Waals surface area contributed by atoms with E-state index in [1.807, 2.05) is 6.20 Å². The van der Waals surface area contributed by atoms with E-state index >= 15 is 0 Å². The molecule has 0 saturated carbocycles. The van der Waals surface area contributed by atoms with Crippen molar-refractivity contribution < 1.29 is 14.7 Å². The summed E-state index contributed by atoms with van der Waals surface area (Å²) in [4.78, 5) is 33.1. The second-order valence-corrected chi connectivity index (χ2v) is 10.9. The second kappa shape index (κ2) is 10.1. The fourth-order valence-corrected chi connectivity index (χ4v) is 5.76. The molecule has 0 unspecified atom stereocenters. The zero-order valence-electron chi connectivity index (χ0n) is 20.8. The first-order chi connectivity index (χ1) is 17.7. The first-order valence-corrected chi connectivity index (χ1v) is 13.0. The molecule has 194 valence electrons. The molecule has 5 heterocycles. The minimum Gasteiger partial charge on any atom is -0.394 e. The maximum absolute atomic E-state index is 13.0. The molecule has 0 aromatic carbocycles. The predicted octanol–water partition coefficient (Wildman–Crippen LogP) is 2.34. The number of nitrogens with zero attached hydrogens (tertiary/aromatic N) is 4. The third-order valence-corrected chi connectivity index (χ3v) is 7.93. The van der Waals surface area contributed by atoms with Gasteiger partial charge < -0.3 is 21.1 Å². The van der Waals surface area contributed by atoms with Crippen molar-refractivity contribution in [3.8, 4) is 0 Å². The largest absolute Gasteiger partial charge is 0.394 e. The summed E-state index contributed by atoms with van der Waals surface area (Å²) in [6, 6.07) is 1.64. The van der Waals surface area contributed by atoms with Crippen LogP contribution >= 0.6 is 11.8 Å². The van der Waals surface area contributed by atoms with Gasteiger partial charge in [-0.1, -0.05) is 11.8 Å². The van der Waals surface area contributed by atoms with Crippen molar-refractivity contribution in [2.45, 2.75) is 45.2 Å². The van der Waals surface area contributed by atoms with Crippen LogP contribution in [0.3, 0.4) is 0 Å². The van der Waals surface area contributed by atoms with E-state index in [4.69, 9.17) is 10.5 Å². The van der Waals surface area contributed by atoms with Crippen molar-refractivity contribution in [2.24, 2.45) is 0 Å². The van der Waals surface area contributed by atoms with E-state index in [2.05, 4.69) is 44.8 Å². The Labute approximate surface area is 218 Å². The summed E-state index contributed by atoms with van der Waals surface area (Å²) in [5.74, 6) is -0.531. The molecule has 5 rings (SSSR count). The summed E-state index contributed by atoms with van der Waals surface area (Å²) in [6.07, 6.45) is 9.43. The van der Waals surface area contributed by atoms with Gasteiger partial charge in [0, 0.05) is 41.4 Å². The van der Waals surface area contributed by atoms with Gasteiger partial charge in [0.25, 0.3) is 5.91 Å². The van der Waals surface area contributed by atoms with Crippen LogP contribution in [0.2, 0.25) is 0 Å². The van der Waals surface area contributed by atoms with Crippen molar-refractivity contribution >= 4 is 45.6 Å². The van der Waals surface area contributed by atoms with E-state index in [1.54, 1.807) is 23.1 Å². The lowest BCUT2D eigenvalue weighted by Crippen LogP contribution is -2.39. The molecule has 2 aromatic rings. The van der Waals surface area contributed by atoms with Crippen molar-refractivity contribution in [3.63, 3.8) is 0 Å². The smallest absolute Gasteiger partial charge is 0.260 e. The van der Waals surface area contributed by atoms with Gasteiger partial charge in [0.2, 0.25) is 5.91 Å². The number of rotatable bonds is 7. The van der Waals surface area contributed by atoms with Gasteiger partial charge in [0.1, 0.15) is 5.69 Å². The number of fused-ring (bicyclic) bond motifs is 1. The number of amides is 2. The number of carbonyl (C=O) groups is 2. The highest BCUT2D eigenvalue weighted by Crippen LogP contribution is 2.40. The lowest BCUT2D eigenvalue weighted by atomic mass is 10.0. The molecule has 12 heteroatoms. The Bertz CT molecular complexity index is 1330. The monoisotopic (exact) mass is 522 g/mol. The number of aliphatic hydroxyl groups is 1. The number of aliphatic hydroxyl groups excluding tert-OH is 1. The summed E-state index contributed by atoms with van der Waals surface area (Å²) < 4.78 is 1.64. The lowest BCUT2D eigenvalue weighted by molar-refractivity contribution is -0.116. The van der Waals surface area contributed by atoms with Gasteiger partial charge in [0.15, 0.2) is 0 Å². The first kappa shape index (κ1) is 25.2. The predicted molar refractivity (Wildman–Crippen MR) is 143 cm³/mol. The van der Waals surface area contributed by atoms with E-state index in [0.29, 0.717) is 41.6 Å². The van der Waals surface area contributed by atoms with Crippen LogP contribution in [0.15, 0.2) is 41.5 Å². The van der Waals surface area contributed by atoms with Crippen LogP contribution < -0.4 is 16.0 Å². The number of hydrogen-bond acceptors (Lipinski definition) is 9. The quantitative estimate of drug-likeness (QED) is 0.348. The Hall–Kier alpha value is -3.48. The Kier molecular flexibility index (Phi) is 6.88. The van der Waals surface area contributed by atoms with Crippen LogP contribution in [-0.4, -0.2) is 67.5 Å². The molecule has 0 radical (unpaired) electrons. The zero-order valence-corrected chi connectivity index (χ0v) is 21.6. The van der Waals surface area contributed by atoms with Crippen LogP contribution in [-0.2, 0) is 16.1 Å². The zero-order chi connectivity index (χ0) is 26.2. The van der Waals surface area contributed by atoms with E-state index in [-0.39, 0.29) is 29.3 Å². The first-order valence-electron chi connectivity index (χ1n) is 12.2. The van der Waals surface area contributed by atoms with Gasteiger partial charge in [-0.2, -0.15) is 5.10 Å². The molecule has 2 amide bonds. The second-order valence-electron chi connectivity index (χ2n) is 9.83. The Morgan fingerprint density at radius 1 is 1.32 bits per heavy atom. The number of carbonyl (C=O) groups excluding carboxylic acids is 2. The SMILES string of the molecule is CC1(C)CCCN1CCC(=O)Nc1cnc2c(c1)NC(=O)/C(=C1/NC=C(c3cnn(CCO)c3)S1)C2=N. The van der Waals surface area contributed by atoms with E-state index < -0.39 is 5.91 Å². The van der Waals surface area contributed by atoms with E-state index in [1.165, 1.54) is 18.0 Å². The third-order valence-electron chi connectivity index (χ3n) is 6.84. The summed E-state index contributed by atoms with van der Waals surface area (Å²) in [7, 11) is 0. The van der Waals surface area contributed by atoms with Crippen molar-refractivity contribution in [1.82, 2.24) is 25.0 Å². The minimum absolute atomic E-state index is 0.00700. The van der Waals surface area contributed by atoms with Crippen molar-refractivity contribution in [1.29, 1.82) is 5.41 Å². The van der Waals surface area contributed by atoms with Crippen LogP contribution in [0.4, 0.5) is 11.4 Å². The molecule has 0 spiro atoms. The van der Waals surface area contributed by atoms with Crippen LogP contribution in [0.25, 0.3) is 4.91 Å². The van der Waals surface area contributed by atoms with Gasteiger partial charge in [0.05, 0.1) is 53.2 Å². The van der Waals surface area contributed by atoms with Gasteiger partial charge in [-0.05, 0) is 39.3 Å². The summed E-state index contributed by atoms with van der Waals surface area (Å²) in [5, 5.41) is 31.3. The standard InChI is InChI=1S/C25H30N8O3S/c1-25(2)5-3-6-32(25)7-4-19(35)30-16-10-17-22(27-12-16)21(26)20(23(36)31-17)24-28-13-18(37-24)15-11-29-33(14-15)8-9-34/h10-14,26,28,34H,3-9H2,1-2H3,(H,30,35)(H,31,36)/b24-20-,26-21?. The number of anilines is 2.